The Bertz CT molecular complexity index is 888. The van der Waals surface area contributed by atoms with Crippen LogP contribution in [0, 0.1) is 30.2 Å². The van der Waals surface area contributed by atoms with Crippen molar-refractivity contribution >= 4 is 17.3 Å². The molecule has 1 fully saturated rings. The van der Waals surface area contributed by atoms with Crippen LogP contribution in [0.2, 0.25) is 0 Å². The van der Waals surface area contributed by atoms with Crippen molar-refractivity contribution in [3.8, 4) is 11.8 Å². The number of carbonyl (C=O) groups is 1. The van der Waals surface area contributed by atoms with Gasteiger partial charge < -0.3 is 15.1 Å². The van der Waals surface area contributed by atoms with Crippen molar-refractivity contribution in [3.63, 3.8) is 0 Å². The monoisotopic (exact) mass is 379 g/mol. The van der Waals surface area contributed by atoms with E-state index in [-0.39, 0.29) is 17.9 Å². The number of thiophene rings is 1. The van der Waals surface area contributed by atoms with E-state index in [1.807, 2.05) is 36.4 Å². The number of nitrogens with zero attached hydrogens (tertiary/aromatic N) is 1. The van der Waals surface area contributed by atoms with Crippen LogP contribution in [0.15, 0.2) is 42.5 Å². The Morgan fingerprint density at radius 3 is 2.70 bits per heavy atom. The van der Waals surface area contributed by atoms with E-state index >= 15 is 0 Å². The lowest BCUT2D eigenvalue weighted by molar-refractivity contribution is 0.0702. The van der Waals surface area contributed by atoms with Gasteiger partial charge in [-0.2, -0.15) is 0 Å². The summed E-state index contributed by atoms with van der Waals surface area (Å²) in [4.78, 5) is 16.1. The van der Waals surface area contributed by atoms with Gasteiger partial charge in [0.15, 0.2) is 0 Å². The smallest absolute Gasteiger partial charge is 0.345 e. The predicted molar refractivity (Wildman–Crippen MR) is 106 cm³/mol. The van der Waals surface area contributed by atoms with Crippen molar-refractivity contribution in [2.24, 2.45) is 11.8 Å². The van der Waals surface area contributed by atoms with Crippen molar-refractivity contribution in [1.29, 1.82) is 0 Å². The summed E-state index contributed by atoms with van der Waals surface area (Å²) in [6.45, 7) is 7.46. The van der Waals surface area contributed by atoms with Gasteiger partial charge in [-0.25, -0.2) is 11.4 Å². The lowest BCUT2D eigenvalue weighted by Crippen LogP contribution is -2.20. The molecule has 0 bridgehead atoms. The zero-order valence-corrected chi connectivity index (χ0v) is 15.7. The minimum absolute atomic E-state index is 0.0487. The minimum atomic E-state index is -0.894. The Labute approximate surface area is 163 Å². The van der Waals surface area contributed by atoms with E-state index in [2.05, 4.69) is 16.7 Å². The number of aliphatic hydroxyl groups excluding tert-OH is 1. The molecule has 1 aromatic carbocycles. The number of aryl methyl sites for hydroxylation is 1. The molecular weight excluding hydrogens is 358 g/mol. The summed E-state index contributed by atoms with van der Waals surface area (Å²) >= 11 is 1.30. The fourth-order valence-corrected chi connectivity index (χ4v) is 4.53. The lowest BCUT2D eigenvalue weighted by Gasteiger charge is -2.16. The van der Waals surface area contributed by atoms with Gasteiger partial charge in [0.1, 0.15) is 4.88 Å². The van der Waals surface area contributed by atoms with E-state index in [1.165, 1.54) is 11.3 Å². The first kappa shape index (κ1) is 19.2. The Morgan fingerprint density at radius 2 is 2.04 bits per heavy atom. The van der Waals surface area contributed by atoms with Gasteiger partial charge in [-0.3, -0.25) is 0 Å². The largest absolute Gasteiger partial charge is 0.477 e. The summed E-state index contributed by atoms with van der Waals surface area (Å²) in [5.41, 5.74) is 0.912. The highest BCUT2D eigenvalue weighted by Crippen LogP contribution is 2.38. The number of hydrogen-bond acceptors (Lipinski definition) is 3. The van der Waals surface area contributed by atoms with E-state index in [4.69, 9.17) is 11.7 Å². The molecule has 0 saturated heterocycles. The number of hydrogen-bond donors (Lipinski definition) is 2. The van der Waals surface area contributed by atoms with Crippen molar-refractivity contribution < 1.29 is 15.0 Å². The van der Waals surface area contributed by atoms with Crippen LogP contribution in [0.4, 0.5) is 0 Å². The first-order valence-corrected chi connectivity index (χ1v) is 9.83. The number of carboxylic acids is 1. The normalized spacial score (nSPS) is 24.0. The zero-order chi connectivity index (χ0) is 19.2. The highest BCUT2D eigenvalue weighted by molar-refractivity contribution is 7.13. The average Bonchev–Trinajstić information content (AvgIpc) is 3.26. The number of aromatic carboxylic acids is 1. The topological polar surface area (TPSA) is 61.9 Å². The van der Waals surface area contributed by atoms with E-state index in [9.17, 15) is 9.90 Å². The number of benzene rings is 1. The molecule has 1 heterocycles. The second kappa shape index (κ2) is 8.86. The van der Waals surface area contributed by atoms with Crippen LogP contribution in [-0.2, 0) is 6.42 Å². The first-order valence-electron chi connectivity index (χ1n) is 9.01. The van der Waals surface area contributed by atoms with Gasteiger partial charge in [-0.15, -0.1) is 11.3 Å². The number of aliphatic hydroxyl groups is 1. The highest BCUT2D eigenvalue weighted by atomic mass is 32.1. The summed E-state index contributed by atoms with van der Waals surface area (Å²) in [7, 11) is 0. The van der Waals surface area contributed by atoms with Crippen LogP contribution >= 0.6 is 11.3 Å². The minimum Gasteiger partial charge on any atom is -0.477 e. The maximum atomic E-state index is 11.0. The van der Waals surface area contributed by atoms with E-state index in [1.54, 1.807) is 6.07 Å². The molecule has 5 heteroatoms. The third-order valence-electron chi connectivity index (χ3n) is 5.01. The van der Waals surface area contributed by atoms with Crippen LogP contribution in [0.3, 0.4) is 0 Å². The van der Waals surface area contributed by atoms with Crippen molar-refractivity contribution in [1.82, 2.24) is 0 Å². The molecule has 2 N–H and O–H groups in total. The first-order chi connectivity index (χ1) is 13.1. The van der Waals surface area contributed by atoms with Crippen molar-refractivity contribution in [2.45, 2.75) is 37.8 Å². The van der Waals surface area contributed by atoms with Crippen molar-refractivity contribution in [2.75, 3.05) is 0 Å². The predicted octanol–water partition coefficient (Wildman–Crippen LogP) is 4.11. The number of rotatable bonds is 5. The SMILES string of the molecule is [C-]#[N+][C@@H]1CC(O)[C@H](C#Cc2ccccc2)C1CCCc1ccc(C(=O)O)s1. The summed E-state index contributed by atoms with van der Waals surface area (Å²) in [5, 5.41) is 19.4. The van der Waals surface area contributed by atoms with Gasteiger partial charge in [-0.05, 0) is 43.5 Å². The van der Waals surface area contributed by atoms with Gasteiger partial charge in [0, 0.05) is 10.4 Å². The van der Waals surface area contributed by atoms with Crippen molar-refractivity contribution in [3.05, 3.63) is 69.2 Å². The standard InChI is InChI=1S/C22H21NO3S/c1-23-19-14-20(24)18(12-10-15-6-3-2-4-7-15)17(19)9-5-8-16-11-13-21(27-16)22(25)26/h2-4,6-7,11,13,17-20,24H,5,8-9,14H2,(H,25,26)/t17?,18-,19-,20?/m1/s1. The molecule has 1 aliphatic rings. The van der Waals surface area contributed by atoms with Crippen LogP contribution < -0.4 is 0 Å². The average molecular weight is 379 g/mol. The zero-order valence-electron chi connectivity index (χ0n) is 14.8. The molecule has 0 spiro atoms. The maximum Gasteiger partial charge on any atom is 0.345 e. The van der Waals surface area contributed by atoms with Crippen LogP contribution in [0.25, 0.3) is 4.85 Å². The fraction of sp³-hybridized carbons (Fsp3) is 0.364. The molecule has 4 nitrogen and oxygen atoms in total. The Morgan fingerprint density at radius 1 is 1.26 bits per heavy atom. The molecule has 2 unspecified atom stereocenters. The summed E-state index contributed by atoms with van der Waals surface area (Å²) in [6.07, 6.45) is 2.36. The maximum absolute atomic E-state index is 11.0. The molecular formula is C22H21NO3S. The quantitative estimate of drug-likeness (QED) is 0.607. The molecule has 2 aromatic rings. The fourth-order valence-electron chi connectivity index (χ4n) is 3.64. The molecule has 3 rings (SSSR count). The molecule has 27 heavy (non-hydrogen) atoms. The second-order valence-electron chi connectivity index (χ2n) is 6.79. The van der Waals surface area contributed by atoms with Gasteiger partial charge in [0.2, 0.25) is 6.04 Å². The molecule has 138 valence electrons. The molecule has 4 atom stereocenters. The van der Waals surface area contributed by atoms with Crippen LogP contribution in [0.1, 0.15) is 39.4 Å². The van der Waals surface area contributed by atoms with Gasteiger partial charge in [0.05, 0.1) is 24.4 Å². The third kappa shape index (κ3) is 4.77. The molecule has 0 radical (unpaired) electrons. The van der Waals surface area contributed by atoms with E-state index < -0.39 is 12.1 Å². The molecule has 1 saturated carbocycles. The highest BCUT2D eigenvalue weighted by Gasteiger charge is 2.45. The lowest BCUT2D eigenvalue weighted by atomic mass is 9.88. The van der Waals surface area contributed by atoms with E-state index in [0.717, 1.165) is 29.7 Å². The van der Waals surface area contributed by atoms with Gasteiger partial charge in [-0.1, -0.05) is 30.0 Å². The van der Waals surface area contributed by atoms with Gasteiger partial charge >= 0.3 is 5.97 Å². The molecule has 1 aliphatic carbocycles. The summed E-state index contributed by atoms with van der Waals surface area (Å²) in [5.74, 6) is 5.31. The van der Waals surface area contributed by atoms with Crippen LogP contribution in [-0.4, -0.2) is 28.3 Å². The molecule has 1 aromatic heterocycles. The Kier molecular flexibility index (Phi) is 6.29. The number of carboxylic acid groups (broad SMARTS) is 1. The summed E-state index contributed by atoms with van der Waals surface area (Å²) in [6, 6.07) is 13.0. The van der Waals surface area contributed by atoms with E-state index in [0.29, 0.717) is 11.3 Å². The van der Waals surface area contributed by atoms with Gasteiger partial charge in [0.25, 0.3) is 0 Å². The third-order valence-corrected chi connectivity index (χ3v) is 6.14. The molecule has 0 amide bonds. The van der Waals surface area contributed by atoms with Crippen LogP contribution in [0.5, 0.6) is 0 Å². The summed E-state index contributed by atoms with van der Waals surface area (Å²) < 4.78 is 0. The molecule has 0 aliphatic heterocycles. The Balaban J connectivity index is 1.65. The Hall–Kier alpha value is -2.60. The second-order valence-corrected chi connectivity index (χ2v) is 7.96.